The molecule has 198 valence electrons. The summed E-state index contributed by atoms with van der Waals surface area (Å²) < 4.78 is 2.28. The molecule has 0 fully saturated rings. The molecule has 0 saturated heterocycles. The third-order valence-corrected chi connectivity index (χ3v) is 8.01. The fraction of sp³-hybridized carbons (Fsp3) is 0. The van der Waals surface area contributed by atoms with Crippen molar-refractivity contribution in [3.05, 3.63) is 164 Å². The number of anilines is 3. The van der Waals surface area contributed by atoms with E-state index in [0.29, 0.717) is 0 Å². The molecule has 8 rings (SSSR count). The van der Waals surface area contributed by atoms with Gasteiger partial charge >= 0.3 is 0 Å². The predicted octanol–water partition coefficient (Wildman–Crippen LogP) is 10.5. The summed E-state index contributed by atoms with van der Waals surface area (Å²) in [4.78, 5) is 7.15. The molecular formula is C39H27N3. The van der Waals surface area contributed by atoms with E-state index in [-0.39, 0.29) is 0 Å². The van der Waals surface area contributed by atoms with Gasteiger partial charge in [0, 0.05) is 39.4 Å². The molecule has 42 heavy (non-hydrogen) atoms. The lowest BCUT2D eigenvalue weighted by atomic mass is 10.0. The second-order valence-corrected chi connectivity index (χ2v) is 10.5. The lowest BCUT2D eigenvalue weighted by Gasteiger charge is -2.25. The first-order valence-electron chi connectivity index (χ1n) is 14.2. The quantitative estimate of drug-likeness (QED) is 0.218. The van der Waals surface area contributed by atoms with E-state index in [1.165, 1.54) is 27.3 Å². The molecule has 3 heteroatoms. The van der Waals surface area contributed by atoms with Gasteiger partial charge in [-0.15, -0.1) is 0 Å². The van der Waals surface area contributed by atoms with Crippen LogP contribution in [0.1, 0.15) is 0 Å². The maximum absolute atomic E-state index is 4.86. The molecule has 0 atom stereocenters. The number of fused-ring (bicyclic) bond motifs is 4. The van der Waals surface area contributed by atoms with Gasteiger partial charge in [-0.2, -0.15) is 0 Å². The first-order chi connectivity index (χ1) is 20.8. The molecule has 0 radical (unpaired) electrons. The number of aromatic nitrogens is 2. The van der Waals surface area contributed by atoms with Crippen LogP contribution < -0.4 is 4.90 Å². The van der Waals surface area contributed by atoms with Crippen LogP contribution in [0.3, 0.4) is 0 Å². The zero-order chi connectivity index (χ0) is 27.9. The van der Waals surface area contributed by atoms with Crippen molar-refractivity contribution in [2.75, 3.05) is 4.90 Å². The maximum Gasteiger partial charge on any atom is 0.138 e. The Bertz CT molecular complexity index is 2140. The van der Waals surface area contributed by atoms with Crippen molar-refractivity contribution >= 4 is 49.6 Å². The number of hydrogen-bond acceptors (Lipinski definition) is 2. The minimum atomic E-state index is 0.930. The highest BCUT2D eigenvalue weighted by molar-refractivity contribution is 6.10. The number of rotatable bonds is 5. The lowest BCUT2D eigenvalue weighted by molar-refractivity contribution is 1.09. The molecular weight excluding hydrogens is 510 g/mol. The van der Waals surface area contributed by atoms with E-state index in [1.807, 2.05) is 6.20 Å². The Balaban J connectivity index is 1.23. The van der Waals surface area contributed by atoms with E-state index in [9.17, 15) is 0 Å². The van der Waals surface area contributed by atoms with Gasteiger partial charge in [-0.3, -0.25) is 4.57 Å². The molecule has 0 amide bonds. The molecule has 0 aliphatic carbocycles. The summed E-state index contributed by atoms with van der Waals surface area (Å²) in [5.41, 5.74) is 8.07. The van der Waals surface area contributed by atoms with Crippen LogP contribution in [0.2, 0.25) is 0 Å². The van der Waals surface area contributed by atoms with Gasteiger partial charge in [0.1, 0.15) is 5.82 Å². The van der Waals surface area contributed by atoms with Crippen LogP contribution >= 0.6 is 0 Å². The van der Waals surface area contributed by atoms with Gasteiger partial charge in [0.2, 0.25) is 0 Å². The Morgan fingerprint density at radius 3 is 1.74 bits per heavy atom. The van der Waals surface area contributed by atoms with Crippen LogP contribution in [0, 0.1) is 0 Å². The van der Waals surface area contributed by atoms with Crippen molar-refractivity contribution in [2.45, 2.75) is 0 Å². The van der Waals surface area contributed by atoms with Crippen LogP contribution in [0.5, 0.6) is 0 Å². The van der Waals surface area contributed by atoms with Gasteiger partial charge in [0.15, 0.2) is 0 Å². The van der Waals surface area contributed by atoms with Crippen LogP contribution in [0.25, 0.3) is 49.5 Å². The first kappa shape index (κ1) is 24.2. The predicted molar refractivity (Wildman–Crippen MR) is 176 cm³/mol. The number of hydrogen-bond donors (Lipinski definition) is 0. The molecule has 2 aromatic heterocycles. The highest BCUT2D eigenvalue weighted by Gasteiger charge is 2.15. The van der Waals surface area contributed by atoms with Gasteiger partial charge in [0.25, 0.3) is 0 Å². The Morgan fingerprint density at radius 2 is 1.00 bits per heavy atom. The normalized spacial score (nSPS) is 11.3. The fourth-order valence-corrected chi connectivity index (χ4v) is 6.00. The highest BCUT2D eigenvalue weighted by Crippen LogP contribution is 2.37. The Labute approximate surface area is 244 Å². The summed E-state index contributed by atoms with van der Waals surface area (Å²) in [5, 5.41) is 4.77. The van der Waals surface area contributed by atoms with Crippen LogP contribution in [0.15, 0.2) is 164 Å². The third kappa shape index (κ3) is 4.11. The Kier molecular flexibility index (Phi) is 5.79. The molecule has 8 aromatic rings. The zero-order valence-electron chi connectivity index (χ0n) is 22.9. The van der Waals surface area contributed by atoms with Gasteiger partial charge in [-0.05, 0) is 77.2 Å². The second kappa shape index (κ2) is 10.1. The smallest absolute Gasteiger partial charge is 0.138 e. The standard InChI is InChI=1S/C39H27N3/c1-3-13-32(14-4-1)41(33-15-5-2-6-16-33)34-22-19-28(20-23-34)30-21-24-38-36(25-30)35-17-9-10-18-37(35)42(38)39-26-29-11-7-8-12-31(29)27-40-39/h1-27H. The monoisotopic (exact) mass is 537 g/mol. The van der Waals surface area contributed by atoms with E-state index in [1.54, 1.807) is 0 Å². The van der Waals surface area contributed by atoms with E-state index >= 15 is 0 Å². The number of pyridine rings is 1. The van der Waals surface area contributed by atoms with Crippen LogP contribution in [0.4, 0.5) is 17.1 Å². The van der Waals surface area contributed by atoms with Crippen molar-refractivity contribution in [2.24, 2.45) is 0 Å². The van der Waals surface area contributed by atoms with Crippen molar-refractivity contribution in [1.29, 1.82) is 0 Å². The summed E-state index contributed by atoms with van der Waals surface area (Å²) in [6.45, 7) is 0. The maximum atomic E-state index is 4.86. The molecule has 3 nitrogen and oxygen atoms in total. The lowest BCUT2D eigenvalue weighted by Crippen LogP contribution is -2.09. The molecule has 0 spiro atoms. The molecule has 0 saturated carbocycles. The molecule has 6 aromatic carbocycles. The van der Waals surface area contributed by atoms with Gasteiger partial charge < -0.3 is 4.90 Å². The molecule has 0 N–H and O–H groups in total. The highest BCUT2D eigenvalue weighted by atomic mass is 15.1. The summed E-state index contributed by atoms with van der Waals surface area (Å²) >= 11 is 0. The second-order valence-electron chi connectivity index (χ2n) is 10.5. The SMILES string of the molecule is c1ccc(N(c2ccccc2)c2ccc(-c3ccc4c(c3)c3ccccc3n4-c3cc4ccccc4cn3)cc2)cc1. The van der Waals surface area contributed by atoms with E-state index < -0.39 is 0 Å². The van der Waals surface area contributed by atoms with Crippen LogP contribution in [-0.4, -0.2) is 9.55 Å². The Morgan fingerprint density at radius 1 is 0.429 bits per heavy atom. The van der Waals surface area contributed by atoms with E-state index in [0.717, 1.165) is 39.3 Å². The number of nitrogens with zero attached hydrogens (tertiary/aromatic N) is 3. The average molecular weight is 538 g/mol. The Hall–Kier alpha value is -5.67. The molecule has 0 aliphatic heterocycles. The molecule has 0 bridgehead atoms. The van der Waals surface area contributed by atoms with E-state index in [4.69, 9.17) is 4.98 Å². The fourth-order valence-electron chi connectivity index (χ4n) is 6.00. The van der Waals surface area contributed by atoms with E-state index in [2.05, 4.69) is 167 Å². The first-order valence-corrected chi connectivity index (χ1v) is 14.2. The molecule has 0 aliphatic rings. The minimum Gasteiger partial charge on any atom is -0.311 e. The van der Waals surface area contributed by atoms with Gasteiger partial charge in [0.05, 0.1) is 11.0 Å². The van der Waals surface area contributed by atoms with Crippen molar-refractivity contribution < 1.29 is 0 Å². The van der Waals surface area contributed by atoms with Crippen molar-refractivity contribution in [3.63, 3.8) is 0 Å². The minimum absolute atomic E-state index is 0.930. The summed E-state index contributed by atoms with van der Waals surface area (Å²) in [5.74, 6) is 0.930. The zero-order valence-corrected chi connectivity index (χ0v) is 22.9. The van der Waals surface area contributed by atoms with Crippen molar-refractivity contribution in [3.8, 4) is 16.9 Å². The summed E-state index contributed by atoms with van der Waals surface area (Å²) in [7, 11) is 0. The number of para-hydroxylation sites is 3. The third-order valence-electron chi connectivity index (χ3n) is 8.01. The largest absolute Gasteiger partial charge is 0.311 e. The molecule has 0 unspecified atom stereocenters. The average Bonchev–Trinajstić information content (AvgIpc) is 3.40. The van der Waals surface area contributed by atoms with Crippen LogP contribution in [-0.2, 0) is 0 Å². The summed E-state index contributed by atoms with van der Waals surface area (Å²) in [6, 6.07) is 55.8. The topological polar surface area (TPSA) is 21.1 Å². The van der Waals surface area contributed by atoms with Gasteiger partial charge in [-0.1, -0.05) is 97.1 Å². The molecule has 2 heterocycles. The van der Waals surface area contributed by atoms with Gasteiger partial charge in [-0.25, -0.2) is 4.98 Å². The summed E-state index contributed by atoms with van der Waals surface area (Å²) in [6.07, 6.45) is 1.97. The number of benzene rings is 6. The van der Waals surface area contributed by atoms with Crippen molar-refractivity contribution in [1.82, 2.24) is 9.55 Å².